The summed E-state index contributed by atoms with van der Waals surface area (Å²) in [6.45, 7) is 6.92. The van der Waals surface area contributed by atoms with E-state index >= 15 is 0 Å². The quantitative estimate of drug-likeness (QED) is 0.422. The van der Waals surface area contributed by atoms with Gasteiger partial charge in [0.1, 0.15) is 0 Å². The Bertz CT molecular complexity index is 1020. The van der Waals surface area contributed by atoms with E-state index in [-0.39, 0.29) is 19.1 Å². The second-order valence-corrected chi connectivity index (χ2v) is 6.73. The normalized spacial score (nSPS) is 13.3. The van der Waals surface area contributed by atoms with Gasteiger partial charge in [-0.1, -0.05) is 6.07 Å². The van der Waals surface area contributed by atoms with Crippen LogP contribution in [0.1, 0.15) is 51.5 Å². The zero-order chi connectivity index (χ0) is 21.8. The summed E-state index contributed by atoms with van der Waals surface area (Å²) in [5, 5.41) is 0. The average Bonchev–Trinajstić information content (AvgIpc) is 3.29. The first-order valence-corrected chi connectivity index (χ1v) is 9.50. The average molecular weight is 413 g/mol. The van der Waals surface area contributed by atoms with Crippen LogP contribution >= 0.6 is 0 Å². The van der Waals surface area contributed by atoms with E-state index in [1.165, 1.54) is 13.0 Å². The van der Waals surface area contributed by atoms with Crippen LogP contribution in [-0.4, -0.2) is 42.2 Å². The monoisotopic (exact) mass is 413 g/mol. The van der Waals surface area contributed by atoms with Crippen LogP contribution in [0.2, 0.25) is 0 Å². The molecule has 0 unspecified atom stereocenters. The zero-order valence-electron chi connectivity index (χ0n) is 17.2. The van der Waals surface area contributed by atoms with E-state index in [1.54, 1.807) is 45.0 Å². The van der Waals surface area contributed by atoms with Crippen molar-refractivity contribution in [1.29, 1.82) is 0 Å². The molecule has 158 valence electrons. The number of nitrogens with one attached hydrogen (secondary N) is 1. The molecule has 0 spiro atoms. The van der Waals surface area contributed by atoms with Crippen molar-refractivity contribution in [3.8, 4) is 11.5 Å². The standard InChI is InChI=1S/C22H23NO7/c1-5-27-22(26)19-12(2)20(23-13(19)3)21(25)14(4)30-18(24)9-7-15-6-8-16-17(10-15)29-11-28-16/h6-10,14,23H,5,11H2,1-4H3/b9-7+/t14-/m0/s1. The molecule has 1 N–H and O–H groups in total. The number of esters is 2. The van der Waals surface area contributed by atoms with Crippen molar-refractivity contribution in [3.63, 3.8) is 0 Å². The predicted molar refractivity (Wildman–Crippen MR) is 108 cm³/mol. The van der Waals surface area contributed by atoms with E-state index in [9.17, 15) is 14.4 Å². The molecule has 30 heavy (non-hydrogen) atoms. The maximum Gasteiger partial charge on any atom is 0.340 e. The predicted octanol–water partition coefficient (Wildman–Crippen LogP) is 3.36. The van der Waals surface area contributed by atoms with Gasteiger partial charge >= 0.3 is 11.9 Å². The van der Waals surface area contributed by atoms with Crippen molar-refractivity contribution in [2.24, 2.45) is 0 Å². The molecule has 1 aliphatic heterocycles. The number of ether oxygens (including phenoxy) is 4. The Hall–Kier alpha value is -3.55. The van der Waals surface area contributed by atoms with Crippen LogP contribution in [0.15, 0.2) is 24.3 Å². The number of Topliss-reactive ketones (excluding diaryl/α,β-unsaturated/α-hetero) is 1. The second kappa shape index (κ2) is 8.86. The molecule has 1 atom stereocenters. The van der Waals surface area contributed by atoms with Crippen molar-refractivity contribution >= 4 is 23.8 Å². The third kappa shape index (κ3) is 4.37. The Kier molecular flexibility index (Phi) is 6.25. The van der Waals surface area contributed by atoms with E-state index in [1.807, 2.05) is 0 Å². The van der Waals surface area contributed by atoms with Gasteiger partial charge in [-0.15, -0.1) is 0 Å². The summed E-state index contributed by atoms with van der Waals surface area (Å²) in [4.78, 5) is 39.9. The first-order valence-electron chi connectivity index (χ1n) is 9.50. The van der Waals surface area contributed by atoms with Crippen molar-refractivity contribution < 1.29 is 33.3 Å². The summed E-state index contributed by atoms with van der Waals surface area (Å²) in [7, 11) is 0. The summed E-state index contributed by atoms with van der Waals surface area (Å²) < 4.78 is 20.8. The van der Waals surface area contributed by atoms with Gasteiger partial charge in [-0.05, 0) is 57.0 Å². The van der Waals surface area contributed by atoms with E-state index in [4.69, 9.17) is 18.9 Å². The summed E-state index contributed by atoms with van der Waals surface area (Å²) in [5.74, 6) is -0.355. The van der Waals surface area contributed by atoms with Crippen molar-refractivity contribution in [2.75, 3.05) is 13.4 Å². The second-order valence-electron chi connectivity index (χ2n) is 6.73. The van der Waals surface area contributed by atoms with Crippen molar-refractivity contribution in [1.82, 2.24) is 4.98 Å². The number of aromatic amines is 1. The van der Waals surface area contributed by atoms with Crippen LogP contribution in [-0.2, 0) is 14.3 Å². The molecule has 0 fully saturated rings. The first kappa shape index (κ1) is 21.2. The highest BCUT2D eigenvalue weighted by molar-refractivity contribution is 6.04. The fourth-order valence-corrected chi connectivity index (χ4v) is 3.16. The molecule has 3 rings (SSSR count). The number of aromatic nitrogens is 1. The number of rotatable bonds is 7. The Morgan fingerprint density at radius 2 is 1.93 bits per heavy atom. The van der Waals surface area contributed by atoms with Crippen LogP contribution < -0.4 is 9.47 Å². The fraction of sp³-hybridized carbons (Fsp3) is 0.318. The largest absolute Gasteiger partial charge is 0.462 e. The number of fused-ring (bicyclic) bond motifs is 1. The molecule has 2 heterocycles. The zero-order valence-corrected chi connectivity index (χ0v) is 17.2. The highest BCUT2D eigenvalue weighted by Crippen LogP contribution is 2.32. The Balaban J connectivity index is 1.66. The van der Waals surface area contributed by atoms with Crippen molar-refractivity contribution in [3.05, 3.63) is 52.4 Å². The topological polar surface area (TPSA) is 104 Å². The molecule has 0 bridgehead atoms. The van der Waals surface area contributed by atoms with Gasteiger partial charge < -0.3 is 23.9 Å². The lowest BCUT2D eigenvalue weighted by Gasteiger charge is -2.10. The smallest absolute Gasteiger partial charge is 0.340 e. The maximum atomic E-state index is 12.7. The molecule has 1 aromatic heterocycles. The van der Waals surface area contributed by atoms with E-state index in [2.05, 4.69) is 4.98 Å². The van der Waals surface area contributed by atoms with Gasteiger partial charge in [-0.2, -0.15) is 0 Å². The molecule has 1 aromatic carbocycles. The number of carbonyl (C=O) groups excluding carboxylic acids is 3. The number of carbonyl (C=O) groups is 3. The molecular weight excluding hydrogens is 390 g/mol. The van der Waals surface area contributed by atoms with E-state index in [0.29, 0.717) is 28.3 Å². The Morgan fingerprint density at radius 3 is 2.67 bits per heavy atom. The number of hydrogen-bond acceptors (Lipinski definition) is 7. The molecule has 1 aliphatic rings. The summed E-state index contributed by atoms with van der Waals surface area (Å²) in [5.41, 5.74) is 2.26. The highest BCUT2D eigenvalue weighted by atomic mass is 16.7. The third-order valence-corrected chi connectivity index (χ3v) is 4.63. The van der Waals surface area contributed by atoms with E-state index in [0.717, 1.165) is 5.56 Å². The molecule has 0 saturated carbocycles. The van der Waals surface area contributed by atoms with Crippen molar-refractivity contribution in [2.45, 2.75) is 33.8 Å². The van der Waals surface area contributed by atoms with E-state index < -0.39 is 23.8 Å². The molecule has 0 aliphatic carbocycles. The lowest BCUT2D eigenvalue weighted by Crippen LogP contribution is -2.24. The summed E-state index contributed by atoms with van der Waals surface area (Å²) in [6.07, 6.45) is 1.76. The molecule has 0 radical (unpaired) electrons. The van der Waals surface area contributed by atoms with Crippen LogP contribution in [0.5, 0.6) is 11.5 Å². The van der Waals surface area contributed by atoms with Crippen LogP contribution in [0.25, 0.3) is 6.08 Å². The minimum absolute atomic E-state index is 0.166. The highest BCUT2D eigenvalue weighted by Gasteiger charge is 2.27. The first-order chi connectivity index (χ1) is 14.3. The van der Waals surface area contributed by atoms with Gasteiger partial charge in [0.05, 0.1) is 17.9 Å². The van der Waals surface area contributed by atoms with Gasteiger partial charge in [0.15, 0.2) is 17.6 Å². The minimum atomic E-state index is -1.04. The number of H-pyrrole nitrogens is 1. The molecule has 2 aromatic rings. The minimum Gasteiger partial charge on any atom is -0.462 e. The number of hydrogen-bond donors (Lipinski definition) is 1. The summed E-state index contributed by atoms with van der Waals surface area (Å²) >= 11 is 0. The van der Waals surface area contributed by atoms with Gasteiger partial charge in [0.2, 0.25) is 12.6 Å². The molecule has 0 saturated heterocycles. The van der Waals surface area contributed by atoms with Crippen LogP contribution in [0.4, 0.5) is 0 Å². The Labute approximate surface area is 173 Å². The lowest BCUT2D eigenvalue weighted by atomic mass is 10.1. The Morgan fingerprint density at radius 1 is 1.20 bits per heavy atom. The molecule has 8 nitrogen and oxygen atoms in total. The van der Waals surface area contributed by atoms with Crippen LogP contribution in [0, 0.1) is 13.8 Å². The SMILES string of the molecule is CCOC(=O)c1c(C)[nH]c(C(=O)[C@H](C)OC(=O)/C=C/c2ccc3c(c2)OCO3)c1C. The molecular formula is C22H23NO7. The number of ketones is 1. The molecule has 0 amide bonds. The number of aryl methyl sites for hydroxylation is 1. The van der Waals surface area contributed by atoms with Gasteiger partial charge in [-0.25, -0.2) is 9.59 Å². The lowest BCUT2D eigenvalue weighted by molar-refractivity contribution is -0.140. The summed E-state index contributed by atoms with van der Waals surface area (Å²) in [6, 6.07) is 5.26. The van der Waals surface area contributed by atoms with Gasteiger partial charge in [-0.3, -0.25) is 4.79 Å². The van der Waals surface area contributed by atoms with Gasteiger partial charge in [0.25, 0.3) is 0 Å². The molecule has 8 heteroatoms. The van der Waals surface area contributed by atoms with Crippen LogP contribution in [0.3, 0.4) is 0 Å². The third-order valence-electron chi connectivity index (χ3n) is 4.63. The maximum absolute atomic E-state index is 12.7. The fourth-order valence-electron chi connectivity index (χ4n) is 3.16. The van der Waals surface area contributed by atoms with Gasteiger partial charge in [0, 0.05) is 11.8 Å². The number of benzene rings is 1.